The first-order valence-electron chi connectivity index (χ1n) is 13.5. The largest absolute Gasteiger partial charge is 0.490 e. The van der Waals surface area contributed by atoms with Crippen molar-refractivity contribution in [1.29, 1.82) is 0 Å². The summed E-state index contributed by atoms with van der Waals surface area (Å²) >= 11 is 1.30. The molecule has 1 fully saturated rings. The molecular weight excluding hydrogens is 607 g/mol. The molecule has 4 aromatic rings. The van der Waals surface area contributed by atoms with Crippen LogP contribution in [0, 0.1) is 0 Å². The molecule has 0 aliphatic carbocycles. The zero-order chi connectivity index (χ0) is 31.4. The number of carboxylic acids is 1. The van der Waals surface area contributed by atoms with Gasteiger partial charge in [-0.1, -0.05) is 24.3 Å². The number of carbonyl (C=O) groups excluding carboxylic acids is 1. The maximum Gasteiger partial charge on any atom is 0.490 e. The molecule has 2 aromatic heterocycles. The predicted molar refractivity (Wildman–Crippen MR) is 155 cm³/mol. The lowest BCUT2D eigenvalue weighted by Gasteiger charge is -2.26. The summed E-state index contributed by atoms with van der Waals surface area (Å²) in [7, 11) is 1.75. The summed E-state index contributed by atoms with van der Waals surface area (Å²) in [6.07, 6.45) is -5.08. The average Bonchev–Trinajstić information content (AvgIpc) is 3.64. The third kappa shape index (κ3) is 6.74. The third-order valence-corrected chi connectivity index (χ3v) is 8.19. The van der Waals surface area contributed by atoms with Gasteiger partial charge >= 0.3 is 12.1 Å². The Kier molecular flexibility index (Phi) is 9.27. The summed E-state index contributed by atoms with van der Waals surface area (Å²) < 4.78 is 56.6. The first-order valence-corrected chi connectivity index (χ1v) is 14.3. The van der Waals surface area contributed by atoms with Crippen molar-refractivity contribution >= 4 is 44.2 Å². The Hall–Kier alpha value is -4.34. The van der Waals surface area contributed by atoms with Crippen molar-refractivity contribution < 1.29 is 46.8 Å². The van der Waals surface area contributed by atoms with Crippen molar-refractivity contribution in [2.45, 2.75) is 12.7 Å². The number of morpholine rings is 1. The maximum absolute atomic E-state index is 13.5. The van der Waals surface area contributed by atoms with Gasteiger partial charge in [-0.15, -0.1) is 11.3 Å². The Morgan fingerprint density at radius 3 is 2.52 bits per heavy atom. The minimum Gasteiger partial charge on any atom is -0.490 e. The molecule has 0 saturated carbocycles. The second-order valence-electron chi connectivity index (χ2n) is 9.82. The molecule has 1 amide bonds. The molecule has 44 heavy (non-hydrogen) atoms. The van der Waals surface area contributed by atoms with Crippen LogP contribution in [-0.4, -0.2) is 78.9 Å². The zero-order valence-electron chi connectivity index (χ0n) is 23.4. The van der Waals surface area contributed by atoms with Crippen LogP contribution in [0.1, 0.15) is 15.2 Å². The van der Waals surface area contributed by atoms with Gasteiger partial charge in [0, 0.05) is 38.6 Å². The van der Waals surface area contributed by atoms with Gasteiger partial charge in [-0.3, -0.25) is 14.5 Å². The highest BCUT2D eigenvalue weighted by Gasteiger charge is 2.38. The van der Waals surface area contributed by atoms with Gasteiger partial charge in [0.25, 0.3) is 11.5 Å². The Balaban J connectivity index is 0.000000493. The lowest BCUT2D eigenvalue weighted by atomic mass is 10.1. The van der Waals surface area contributed by atoms with Crippen LogP contribution in [-0.2, 0) is 23.1 Å². The number of carbonyl (C=O) groups is 2. The van der Waals surface area contributed by atoms with E-state index in [2.05, 4.69) is 10.2 Å². The molecule has 0 atom stereocenters. The number of hydrogen-bond acceptors (Lipinski definition) is 9. The number of benzene rings is 2. The van der Waals surface area contributed by atoms with Crippen molar-refractivity contribution in [3.05, 3.63) is 63.3 Å². The van der Waals surface area contributed by atoms with E-state index in [0.717, 1.165) is 34.3 Å². The lowest BCUT2D eigenvalue weighted by molar-refractivity contribution is -0.192. The van der Waals surface area contributed by atoms with E-state index in [1.807, 2.05) is 42.5 Å². The molecule has 15 heteroatoms. The first-order chi connectivity index (χ1) is 21.0. The summed E-state index contributed by atoms with van der Waals surface area (Å²) in [5.41, 5.74) is 1.52. The predicted octanol–water partition coefficient (Wildman–Crippen LogP) is 3.76. The number of aryl methyl sites for hydroxylation is 1. The maximum atomic E-state index is 13.5. The lowest BCUT2D eigenvalue weighted by Crippen LogP contribution is -2.38. The number of hydrogen-bond donors (Lipinski definition) is 2. The van der Waals surface area contributed by atoms with Gasteiger partial charge in [-0.2, -0.15) is 13.2 Å². The second-order valence-corrected chi connectivity index (χ2v) is 10.8. The Bertz CT molecular complexity index is 1750. The highest BCUT2D eigenvalue weighted by atomic mass is 32.1. The Morgan fingerprint density at radius 1 is 1.09 bits per heavy atom. The number of aliphatic carboxylic acids is 1. The average molecular weight is 636 g/mol. The van der Waals surface area contributed by atoms with Crippen molar-refractivity contribution in [2.24, 2.45) is 7.05 Å². The fourth-order valence-corrected chi connectivity index (χ4v) is 5.92. The minimum atomic E-state index is -5.08. The molecular formula is C29H28F3N3O8S. The van der Waals surface area contributed by atoms with Crippen LogP contribution in [0.15, 0.2) is 47.3 Å². The molecule has 2 aromatic carbocycles. The molecule has 1 saturated heterocycles. The second kappa shape index (κ2) is 13.1. The number of rotatable bonds is 7. The molecule has 0 bridgehead atoms. The summed E-state index contributed by atoms with van der Waals surface area (Å²) in [6.45, 7) is 4.61. The summed E-state index contributed by atoms with van der Waals surface area (Å²) in [5.74, 6) is -1.34. The van der Waals surface area contributed by atoms with E-state index < -0.39 is 12.1 Å². The number of fused-ring (bicyclic) bond motifs is 4. The SMILES string of the molecule is Cn1c(=O)c2c(OCCN3CCOCC3)c(C(=O)NCc3ccc4c(c3)OCO4)sc2c2ccccc21.O=C(O)C(F)(F)F. The van der Waals surface area contributed by atoms with E-state index in [1.165, 1.54) is 11.3 Å². The fourth-order valence-electron chi connectivity index (χ4n) is 4.74. The number of nitrogens with zero attached hydrogens (tertiary/aromatic N) is 2. The summed E-state index contributed by atoms with van der Waals surface area (Å²) in [4.78, 5) is 38.5. The van der Waals surface area contributed by atoms with Gasteiger partial charge in [-0.05, 0) is 23.8 Å². The molecule has 0 unspecified atom stereocenters. The van der Waals surface area contributed by atoms with Gasteiger partial charge in [0.05, 0.1) is 23.4 Å². The summed E-state index contributed by atoms with van der Waals surface area (Å²) in [5, 5.41) is 11.5. The van der Waals surface area contributed by atoms with Crippen molar-refractivity contribution in [2.75, 3.05) is 46.2 Å². The molecule has 2 N–H and O–H groups in total. The number of thiophene rings is 1. The van der Waals surface area contributed by atoms with Crippen LogP contribution < -0.4 is 25.1 Å². The Morgan fingerprint density at radius 2 is 1.80 bits per heavy atom. The normalized spacial score (nSPS) is 14.7. The van der Waals surface area contributed by atoms with Crippen molar-refractivity contribution in [3.63, 3.8) is 0 Å². The van der Waals surface area contributed by atoms with Crippen LogP contribution in [0.2, 0.25) is 0 Å². The smallest absolute Gasteiger partial charge is 0.490 e. The first kappa shape index (κ1) is 31.1. The third-order valence-electron chi connectivity index (χ3n) is 6.99. The van der Waals surface area contributed by atoms with Gasteiger partial charge < -0.3 is 33.9 Å². The van der Waals surface area contributed by atoms with E-state index in [9.17, 15) is 22.8 Å². The number of carboxylic acid groups (broad SMARTS) is 1. The molecule has 6 rings (SSSR count). The molecule has 234 valence electrons. The highest BCUT2D eigenvalue weighted by Crippen LogP contribution is 2.40. The van der Waals surface area contributed by atoms with Gasteiger partial charge in [0.1, 0.15) is 16.9 Å². The van der Waals surface area contributed by atoms with Crippen LogP contribution in [0.4, 0.5) is 13.2 Å². The topological polar surface area (TPSA) is 129 Å². The number of ether oxygens (including phenoxy) is 4. The van der Waals surface area contributed by atoms with E-state index in [-0.39, 0.29) is 18.3 Å². The van der Waals surface area contributed by atoms with Crippen molar-refractivity contribution in [1.82, 2.24) is 14.8 Å². The molecule has 11 nitrogen and oxygen atoms in total. The van der Waals surface area contributed by atoms with Crippen LogP contribution in [0.25, 0.3) is 21.0 Å². The van der Waals surface area contributed by atoms with Gasteiger partial charge in [-0.25, -0.2) is 4.79 Å². The summed E-state index contributed by atoms with van der Waals surface area (Å²) in [6, 6.07) is 13.3. The standard InChI is InChI=1S/C27H27N3O6S.C2HF3O2/c1-29-19-5-3-2-4-18(19)24-22(27(29)32)23(34-13-10-30-8-11-33-12-9-30)25(37-24)26(31)28-15-17-6-7-20-21(14-17)36-16-35-20;3-2(4,5)1(6)7/h2-7,14H,8-13,15-16H2,1H3,(H,28,31);(H,6,7). The van der Waals surface area contributed by atoms with Crippen LogP contribution >= 0.6 is 11.3 Å². The quantitative estimate of drug-likeness (QED) is 0.312. The highest BCUT2D eigenvalue weighted by molar-refractivity contribution is 7.22. The van der Waals surface area contributed by atoms with E-state index >= 15 is 0 Å². The van der Waals surface area contributed by atoms with E-state index in [4.69, 9.17) is 28.8 Å². The van der Waals surface area contributed by atoms with Crippen LogP contribution in [0.3, 0.4) is 0 Å². The van der Waals surface area contributed by atoms with Gasteiger partial charge in [0.15, 0.2) is 17.2 Å². The minimum absolute atomic E-state index is 0.179. The van der Waals surface area contributed by atoms with Gasteiger partial charge in [0.2, 0.25) is 6.79 Å². The Labute approximate surface area is 252 Å². The zero-order valence-corrected chi connectivity index (χ0v) is 24.3. The molecule has 0 radical (unpaired) electrons. The number of aromatic nitrogens is 1. The number of para-hydroxylation sites is 1. The van der Waals surface area contributed by atoms with Crippen LogP contribution in [0.5, 0.6) is 17.2 Å². The number of pyridine rings is 1. The van der Waals surface area contributed by atoms with E-state index in [0.29, 0.717) is 60.4 Å². The number of nitrogens with one attached hydrogen (secondary N) is 1. The number of alkyl halides is 3. The number of halogens is 3. The molecule has 4 heterocycles. The monoisotopic (exact) mass is 635 g/mol. The number of amides is 1. The van der Waals surface area contributed by atoms with Crippen molar-refractivity contribution in [3.8, 4) is 17.2 Å². The molecule has 2 aliphatic heterocycles. The van der Waals surface area contributed by atoms with E-state index in [1.54, 1.807) is 11.6 Å². The fraction of sp³-hybridized carbons (Fsp3) is 0.345. The molecule has 0 spiro atoms. The molecule has 2 aliphatic rings.